The number of hydrogen-bond donors (Lipinski definition) is 0. The standard InChI is InChI=1S/C16H17FN2O/c1-3-19(11-13-6-8-18-9-7-13)16(20)14-10-12(2)4-5-15(14)17/h4-10H,3,11H2,1-2H3. The topological polar surface area (TPSA) is 33.2 Å². The van der Waals surface area contributed by atoms with Gasteiger partial charge in [0.05, 0.1) is 5.56 Å². The molecule has 1 aromatic heterocycles. The minimum Gasteiger partial charge on any atom is -0.335 e. The molecule has 0 fully saturated rings. The van der Waals surface area contributed by atoms with Gasteiger partial charge < -0.3 is 4.90 Å². The highest BCUT2D eigenvalue weighted by Crippen LogP contribution is 2.14. The lowest BCUT2D eigenvalue weighted by molar-refractivity contribution is 0.0747. The van der Waals surface area contributed by atoms with Gasteiger partial charge >= 0.3 is 0 Å². The monoisotopic (exact) mass is 272 g/mol. The van der Waals surface area contributed by atoms with Crippen molar-refractivity contribution in [1.29, 1.82) is 0 Å². The maximum Gasteiger partial charge on any atom is 0.257 e. The highest BCUT2D eigenvalue weighted by atomic mass is 19.1. The van der Waals surface area contributed by atoms with Crippen LogP contribution >= 0.6 is 0 Å². The molecule has 4 heteroatoms. The lowest BCUT2D eigenvalue weighted by Gasteiger charge is -2.21. The lowest BCUT2D eigenvalue weighted by atomic mass is 10.1. The van der Waals surface area contributed by atoms with Crippen LogP contribution < -0.4 is 0 Å². The number of rotatable bonds is 4. The molecule has 2 aromatic rings. The van der Waals surface area contributed by atoms with Crippen molar-refractivity contribution in [3.8, 4) is 0 Å². The third kappa shape index (κ3) is 3.20. The van der Waals surface area contributed by atoms with E-state index in [0.717, 1.165) is 11.1 Å². The van der Waals surface area contributed by atoms with Gasteiger partial charge in [0.1, 0.15) is 5.82 Å². The zero-order chi connectivity index (χ0) is 14.5. The van der Waals surface area contributed by atoms with E-state index in [4.69, 9.17) is 0 Å². The minimum atomic E-state index is -0.478. The normalized spacial score (nSPS) is 10.3. The van der Waals surface area contributed by atoms with Crippen LogP contribution in [-0.4, -0.2) is 22.3 Å². The van der Waals surface area contributed by atoms with Gasteiger partial charge in [-0.15, -0.1) is 0 Å². The largest absolute Gasteiger partial charge is 0.335 e. The Morgan fingerprint density at radius 3 is 2.60 bits per heavy atom. The Morgan fingerprint density at radius 2 is 1.95 bits per heavy atom. The summed E-state index contributed by atoms with van der Waals surface area (Å²) in [6.07, 6.45) is 3.36. The van der Waals surface area contributed by atoms with Gasteiger partial charge in [-0.1, -0.05) is 11.6 Å². The van der Waals surface area contributed by atoms with E-state index in [9.17, 15) is 9.18 Å². The van der Waals surface area contributed by atoms with Crippen LogP contribution in [0.4, 0.5) is 4.39 Å². The number of nitrogens with zero attached hydrogens (tertiary/aromatic N) is 2. The molecule has 20 heavy (non-hydrogen) atoms. The average molecular weight is 272 g/mol. The van der Waals surface area contributed by atoms with Crippen LogP contribution in [0.25, 0.3) is 0 Å². The van der Waals surface area contributed by atoms with Crippen molar-refractivity contribution in [1.82, 2.24) is 9.88 Å². The molecular formula is C16H17FN2O. The molecule has 104 valence electrons. The zero-order valence-electron chi connectivity index (χ0n) is 11.6. The molecule has 1 amide bonds. The average Bonchev–Trinajstić information content (AvgIpc) is 2.47. The molecule has 0 aliphatic rings. The summed E-state index contributed by atoms with van der Waals surface area (Å²) in [6.45, 7) is 4.70. The number of hydrogen-bond acceptors (Lipinski definition) is 2. The maximum atomic E-state index is 13.8. The van der Waals surface area contributed by atoms with Crippen LogP contribution in [0.15, 0.2) is 42.7 Å². The van der Waals surface area contributed by atoms with Gasteiger partial charge in [0.25, 0.3) is 5.91 Å². The van der Waals surface area contributed by atoms with Crippen LogP contribution in [-0.2, 0) is 6.54 Å². The van der Waals surface area contributed by atoms with E-state index in [1.165, 1.54) is 6.07 Å². The third-order valence-corrected chi connectivity index (χ3v) is 3.14. The van der Waals surface area contributed by atoms with Gasteiger partial charge in [0.2, 0.25) is 0 Å². The molecule has 0 radical (unpaired) electrons. The molecule has 2 rings (SSSR count). The van der Waals surface area contributed by atoms with E-state index < -0.39 is 5.82 Å². The SMILES string of the molecule is CCN(Cc1ccncc1)C(=O)c1cc(C)ccc1F. The summed E-state index contributed by atoms with van der Waals surface area (Å²) in [5, 5.41) is 0. The second-order valence-electron chi connectivity index (χ2n) is 4.66. The first-order valence-electron chi connectivity index (χ1n) is 6.56. The Morgan fingerprint density at radius 1 is 1.25 bits per heavy atom. The van der Waals surface area contributed by atoms with Crippen molar-refractivity contribution in [2.24, 2.45) is 0 Å². The number of carbonyl (C=O) groups is 1. The first-order valence-corrected chi connectivity index (χ1v) is 6.56. The summed E-state index contributed by atoms with van der Waals surface area (Å²) in [5.41, 5.74) is 1.97. The second-order valence-corrected chi connectivity index (χ2v) is 4.66. The molecule has 0 saturated heterocycles. The molecule has 0 spiro atoms. The van der Waals surface area contributed by atoms with Crippen molar-refractivity contribution in [2.45, 2.75) is 20.4 Å². The Bertz CT molecular complexity index is 599. The molecule has 1 heterocycles. The Hall–Kier alpha value is -2.23. The number of amides is 1. The Kier molecular flexibility index (Phi) is 4.45. The van der Waals surface area contributed by atoms with Crippen molar-refractivity contribution < 1.29 is 9.18 Å². The molecule has 0 atom stereocenters. The maximum absolute atomic E-state index is 13.8. The third-order valence-electron chi connectivity index (χ3n) is 3.14. The summed E-state index contributed by atoms with van der Waals surface area (Å²) in [4.78, 5) is 18.0. The molecule has 0 bridgehead atoms. The molecule has 3 nitrogen and oxygen atoms in total. The quantitative estimate of drug-likeness (QED) is 0.856. The first kappa shape index (κ1) is 14.2. The predicted molar refractivity (Wildman–Crippen MR) is 75.8 cm³/mol. The smallest absolute Gasteiger partial charge is 0.257 e. The summed E-state index contributed by atoms with van der Waals surface area (Å²) in [6, 6.07) is 8.28. The van der Waals surface area contributed by atoms with E-state index in [0.29, 0.717) is 13.1 Å². The van der Waals surface area contributed by atoms with E-state index in [1.54, 1.807) is 29.4 Å². The highest BCUT2D eigenvalue weighted by molar-refractivity contribution is 5.94. The summed E-state index contributed by atoms with van der Waals surface area (Å²) >= 11 is 0. The fourth-order valence-corrected chi connectivity index (χ4v) is 2.01. The highest BCUT2D eigenvalue weighted by Gasteiger charge is 2.18. The van der Waals surface area contributed by atoms with E-state index in [-0.39, 0.29) is 11.5 Å². The van der Waals surface area contributed by atoms with Crippen molar-refractivity contribution >= 4 is 5.91 Å². The van der Waals surface area contributed by atoms with Gasteiger partial charge in [0.15, 0.2) is 0 Å². The zero-order valence-corrected chi connectivity index (χ0v) is 11.6. The van der Waals surface area contributed by atoms with E-state index >= 15 is 0 Å². The molecule has 0 unspecified atom stereocenters. The molecular weight excluding hydrogens is 255 g/mol. The van der Waals surface area contributed by atoms with Crippen LogP contribution in [0.1, 0.15) is 28.4 Å². The molecule has 0 saturated carbocycles. The molecule has 0 N–H and O–H groups in total. The second kappa shape index (κ2) is 6.28. The Labute approximate surface area is 118 Å². The molecule has 1 aromatic carbocycles. The number of aryl methyl sites for hydroxylation is 1. The van der Waals surface area contributed by atoms with Gasteiger partial charge in [-0.2, -0.15) is 0 Å². The summed E-state index contributed by atoms with van der Waals surface area (Å²) in [7, 11) is 0. The van der Waals surface area contributed by atoms with Crippen LogP contribution in [0.3, 0.4) is 0 Å². The van der Waals surface area contributed by atoms with Crippen LogP contribution in [0.5, 0.6) is 0 Å². The Balaban J connectivity index is 2.23. The first-order chi connectivity index (χ1) is 9.61. The van der Waals surface area contributed by atoms with Crippen LogP contribution in [0, 0.1) is 12.7 Å². The number of carbonyl (C=O) groups excluding carboxylic acids is 1. The number of benzene rings is 1. The molecule has 0 aliphatic carbocycles. The van der Waals surface area contributed by atoms with E-state index in [2.05, 4.69) is 4.98 Å². The van der Waals surface area contributed by atoms with Crippen molar-refractivity contribution in [3.05, 3.63) is 65.2 Å². The number of pyridine rings is 1. The fourth-order valence-electron chi connectivity index (χ4n) is 2.01. The molecule has 0 aliphatic heterocycles. The van der Waals surface area contributed by atoms with Gasteiger partial charge in [-0.05, 0) is 43.7 Å². The van der Waals surface area contributed by atoms with Crippen molar-refractivity contribution in [3.63, 3.8) is 0 Å². The van der Waals surface area contributed by atoms with Crippen LogP contribution in [0.2, 0.25) is 0 Å². The summed E-state index contributed by atoms with van der Waals surface area (Å²) < 4.78 is 13.8. The lowest BCUT2D eigenvalue weighted by Crippen LogP contribution is -2.31. The van der Waals surface area contributed by atoms with E-state index in [1.807, 2.05) is 26.0 Å². The number of aromatic nitrogens is 1. The predicted octanol–water partition coefficient (Wildman–Crippen LogP) is 3.19. The number of halogens is 1. The summed E-state index contributed by atoms with van der Waals surface area (Å²) in [5.74, 6) is -0.765. The minimum absolute atomic E-state index is 0.126. The van der Waals surface area contributed by atoms with Gasteiger partial charge in [-0.25, -0.2) is 4.39 Å². The van der Waals surface area contributed by atoms with Gasteiger partial charge in [-0.3, -0.25) is 9.78 Å². The van der Waals surface area contributed by atoms with Crippen molar-refractivity contribution in [2.75, 3.05) is 6.54 Å². The fraction of sp³-hybridized carbons (Fsp3) is 0.250. The van der Waals surface area contributed by atoms with Gasteiger partial charge in [0, 0.05) is 25.5 Å².